The van der Waals surface area contributed by atoms with E-state index in [1.54, 1.807) is 0 Å². The highest BCUT2D eigenvalue weighted by Crippen LogP contribution is 2.13. The molecule has 48 valence electrons. The number of methoxy groups -OCH3 is 1. The Hall–Kier alpha value is -0.570. The molecule has 0 aliphatic carbocycles. The number of aromatic nitrogens is 1. The summed E-state index contributed by atoms with van der Waals surface area (Å²) in [5.41, 5.74) is 0. The van der Waals surface area contributed by atoms with E-state index < -0.39 is 7.06 Å². The molecule has 0 aliphatic heterocycles. The average molecular weight is 193 g/mol. The zero-order valence-corrected chi connectivity index (χ0v) is 5.90. The van der Waals surface area contributed by atoms with Gasteiger partial charge in [0.1, 0.15) is 0 Å². The lowest BCUT2D eigenvalue weighted by molar-refractivity contribution is 0.397. The van der Waals surface area contributed by atoms with E-state index in [9.17, 15) is 0 Å². The van der Waals surface area contributed by atoms with Crippen molar-refractivity contribution in [2.24, 2.45) is 0 Å². The second-order valence-electron chi connectivity index (χ2n) is 1.21. The van der Waals surface area contributed by atoms with Crippen LogP contribution in [0.1, 0.15) is 6.85 Å². The van der Waals surface area contributed by atoms with Crippen LogP contribution < -0.4 is 4.74 Å². The third-order valence-electron chi connectivity index (χ3n) is 0.651. The van der Waals surface area contributed by atoms with Gasteiger partial charge in [-0.2, -0.15) is 0 Å². The highest BCUT2D eigenvalue weighted by Gasteiger charge is 1.89. The van der Waals surface area contributed by atoms with Gasteiger partial charge in [-0.15, -0.1) is 0 Å². The van der Waals surface area contributed by atoms with Crippen LogP contribution in [0.25, 0.3) is 0 Å². The molecule has 1 rings (SSSR count). The van der Waals surface area contributed by atoms with Crippen LogP contribution in [0.3, 0.4) is 0 Å². The van der Waals surface area contributed by atoms with E-state index in [1.807, 2.05) is 0 Å². The molecule has 0 aromatic carbocycles. The first kappa shape index (κ1) is 2.58. The number of ether oxygens (including phenoxy) is 1. The second-order valence-corrected chi connectivity index (χ2v) is 2.00. The van der Waals surface area contributed by atoms with Crippen LogP contribution in [-0.2, 0) is 0 Å². The molecule has 0 saturated heterocycles. The van der Waals surface area contributed by atoms with Crippen molar-refractivity contribution < 1.29 is 11.6 Å². The molecular formula is C6H6BrNO. The fourth-order valence-electron chi connectivity index (χ4n) is 0.337. The molecule has 3 heteroatoms. The molecule has 0 radical (unpaired) electrons. The number of hydrogen-bond donors (Lipinski definition) is 0. The van der Waals surface area contributed by atoms with Crippen molar-refractivity contribution >= 4 is 15.9 Å². The Labute approximate surface area is 69.0 Å². The summed E-state index contributed by atoms with van der Waals surface area (Å²) in [6, 6.07) is -0.440. The highest BCUT2D eigenvalue weighted by molar-refractivity contribution is 9.10. The summed E-state index contributed by atoms with van der Waals surface area (Å²) in [6.45, 7) is 0. The lowest BCUT2D eigenvalue weighted by Crippen LogP contribution is -1.84. The lowest BCUT2D eigenvalue weighted by Gasteiger charge is -1.95. The van der Waals surface area contributed by atoms with Crippen LogP contribution >= 0.6 is 15.9 Å². The Morgan fingerprint density at radius 2 is 2.89 bits per heavy atom. The maximum atomic E-state index is 7.42. The first-order valence-corrected chi connectivity index (χ1v) is 2.87. The van der Waals surface area contributed by atoms with Gasteiger partial charge in [-0.1, -0.05) is 15.9 Å². The van der Waals surface area contributed by atoms with Gasteiger partial charge in [-0.05, 0) is 6.04 Å². The largest absolute Gasteiger partial charge is 0.481 e. The minimum Gasteiger partial charge on any atom is -0.481 e. The lowest BCUT2D eigenvalue weighted by atomic mass is 10.5. The maximum absolute atomic E-state index is 7.42. The monoisotopic (exact) mass is 192 g/mol. The molecule has 1 heterocycles. The highest BCUT2D eigenvalue weighted by atomic mass is 79.9. The molecule has 0 saturated carbocycles. The molecular weight excluding hydrogens is 182 g/mol. The van der Waals surface area contributed by atoms with Crippen molar-refractivity contribution in [1.29, 1.82) is 0 Å². The molecule has 9 heavy (non-hydrogen) atoms. The zero-order chi connectivity index (χ0) is 10.9. The van der Waals surface area contributed by atoms with E-state index in [4.69, 9.17) is 6.85 Å². The van der Waals surface area contributed by atoms with Gasteiger partial charge in [0.2, 0.25) is 5.88 Å². The number of nitrogens with zero attached hydrogens (tertiary/aromatic N) is 1. The van der Waals surface area contributed by atoms with Gasteiger partial charge in [0.25, 0.3) is 0 Å². The van der Waals surface area contributed by atoms with Crippen LogP contribution in [0.5, 0.6) is 5.88 Å². The molecule has 0 unspecified atom stereocenters. The van der Waals surface area contributed by atoms with Gasteiger partial charge in [-0.3, -0.25) is 0 Å². The van der Waals surface area contributed by atoms with Crippen molar-refractivity contribution in [2.45, 2.75) is 0 Å². The molecule has 2 nitrogen and oxygen atoms in total. The Bertz CT molecular complexity index is 359. The first-order chi connectivity index (χ1) is 6.43. The number of rotatable bonds is 1. The van der Waals surface area contributed by atoms with Gasteiger partial charge in [-0.25, -0.2) is 4.98 Å². The number of hydrogen-bond acceptors (Lipinski definition) is 2. The standard InChI is InChI=1S/C6H6BrNO/c1-9-6-4-5(7)2-3-8-6/h2-4H,1H3/i1D2,2D,3D,4D. The molecule has 0 aliphatic rings. The van der Waals surface area contributed by atoms with Crippen LogP contribution in [0, 0.1) is 0 Å². The average Bonchev–Trinajstić information content (AvgIpc) is 2.10. The van der Waals surface area contributed by atoms with Gasteiger partial charge < -0.3 is 4.74 Å². The Morgan fingerprint density at radius 3 is 3.67 bits per heavy atom. The molecule has 0 bridgehead atoms. The van der Waals surface area contributed by atoms with Crippen molar-refractivity contribution in [3.8, 4) is 5.88 Å². The third kappa shape index (κ3) is 1.68. The second kappa shape index (κ2) is 2.82. The van der Waals surface area contributed by atoms with Crippen LogP contribution in [-0.4, -0.2) is 12.0 Å². The molecule has 0 fully saturated rings. The van der Waals surface area contributed by atoms with Crippen molar-refractivity contribution in [2.75, 3.05) is 7.06 Å². The summed E-state index contributed by atoms with van der Waals surface area (Å²) in [5.74, 6) is -0.284. The molecule has 0 atom stereocenters. The third-order valence-corrected chi connectivity index (χ3v) is 1.05. The molecule has 1 aromatic rings. The minimum absolute atomic E-state index is 0.0770. The minimum atomic E-state index is -1.60. The smallest absolute Gasteiger partial charge is 0.214 e. The van der Waals surface area contributed by atoms with Gasteiger partial charge in [0, 0.05) is 16.7 Å². The summed E-state index contributed by atoms with van der Waals surface area (Å²) >= 11 is 2.93. The fourth-order valence-corrected chi connectivity index (χ4v) is 0.595. The van der Waals surface area contributed by atoms with Gasteiger partial charge in [0.15, 0.2) is 0 Å². The topological polar surface area (TPSA) is 22.1 Å². The summed E-state index contributed by atoms with van der Waals surface area (Å²) in [4.78, 5) is 3.47. The van der Waals surface area contributed by atoms with E-state index in [1.165, 1.54) is 0 Å². The fraction of sp³-hybridized carbons (Fsp3) is 0.167. The Balaban J connectivity index is 3.19. The number of pyridine rings is 1. The van der Waals surface area contributed by atoms with Crippen LogP contribution in [0.4, 0.5) is 0 Å². The SMILES string of the molecule is [2H]c1nc(OC([2H])[2H])c([2H])c(Br)c1[2H]. The van der Waals surface area contributed by atoms with Crippen molar-refractivity contribution in [3.05, 3.63) is 22.7 Å². The zero-order valence-electron chi connectivity index (χ0n) is 9.31. The van der Waals surface area contributed by atoms with E-state index in [0.717, 1.165) is 0 Å². The normalized spacial score (nSPS) is 17.3. The van der Waals surface area contributed by atoms with E-state index in [-0.39, 0.29) is 28.6 Å². The summed E-state index contributed by atoms with van der Waals surface area (Å²) in [6.07, 6.45) is -0.358. The van der Waals surface area contributed by atoms with Crippen molar-refractivity contribution in [3.63, 3.8) is 0 Å². The summed E-state index contributed by atoms with van der Waals surface area (Å²) in [5, 5.41) is 0. The first-order valence-electron chi connectivity index (χ1n) is 4.73. The molecule has 0 N–H and O–H groups in total. The van der Waals surface area contributed by atoms with Gasteiger partial charge in [0.05, 0.1) is 13.9 Å². The van der Waals surface area contributed by atoms with E-state index in [0.29, 0.717) is 0 Å². The van der Waals surface area contributed by atoms with E-state index in [2.05, 4.69) is 25.7 Å². The van der Waals surface area contributed by atoms with E-state index >= 15 is 0 Å². The summed E-state index contributed by atoms with van der Waals surface area (Å²) < 4.78 is 40.2. The predicted molar refractivity (Wildman–Crippen MR) is 38.5 cm³/mol. The maximum Gasteiger partial charge on any atom is 0.214 e. The van der Waals surface area contributed by atoms with Crippen LogP contribution in [0.2, 0.25) is 0 Å². The quantitative estimate of drug-likeness (QED) is 0.678. The Kier molecular flexibility index (Phi) is 0.810. The van der Waals surface area contributed by atoms with Gasteiger partial charge >= 0.3 is 0 Å². The molecule has 0 spiro atoms. The Morgan fingerprint density at radius 1 is 2.00 bits per heavy atom. The van der Waals surface area contributed by atoms with Crippen molar-refractivity contribution in [1.82, 2.24) is 4.98 Å². The van der Waals surface area contributed by atoms with Crippen LogP contribution in [0.15, 0.2) is 22.7 Å². The summed E-state index contributed by atoms with van der Waals surface area (Å²) in [7, 11) is -1.60. The molecule has 0 amide bonds. The molecule has 1 aromatic heterocycles. The predicted octanol–water partition coefficient (Wildman–Crippen LogP) is 1.85. The number of halogens is 1.